The Morgan fingerprint density at radius 3 is 2.88 bits per heavy atom. The minimum atomic E-state index is -0.523. The van der Waals surface area contributed by atoms with E-state index in [9.17, 15) is 14.9 Å². The van der Waals surface area contributed by atoms with Gasteiger partial charge in [-0.1, -0.05) is 0 Å². The summed E-state index contributed by atoms with van der Waals surface area (Å²) in [5.74, 6) is 0.266. The maximum Gasteiger partial charge on any atom is 0.342 e. The Hall–Kier alpha value is -2.09. The number of hydrogen-bond donors (Lipinski definition) is 0. The predicted molar refractivity (Wildman–Crippen MR) is 56.4 cm³/mol. The van der Waals surface area contributed by atoms with Crippen molar-refractivity contribution in [3.05, 3.63) is 27.4 Å². The first-order chi connectivity index (χ1) is 7.63. The van der Waals surface area contributed by atoms with Crippen molar-refractivity contribution in [3.8, 4) is 10.8 Å². The van der Waals surface area contributed by atoms with Gasteiger partial charge in [-0.15, -0.1) is 11.3 Å². The molecule has 0 aromatic carbocycles. The number of imidazole rings is 1. The van der Waals surface area contributed by atoms with Gasteiger partial charge in [-0.25, -0.2) is 14.5 Å². The van der Waals surface area contributed by atoms with E-state index < -0.39 is 4.92 Å². The van der Waals surface area contributed by atoms with Crippen LogP contribution >= 0.6 is 11.3 Å². The Morgan fingerprint density at radius 1 is 1.62 bits per heavy atom. The van der Waals surface area contributed by atoms with Gasteiger partial charge in [-0.05, 0) is 4.92 Å². The molecule has 2 rings (SSSR count). The number of hydrogen-bond acceptors (Lipinski definition) is 6. The molecule has 0 spiro atoms. The summed E-state index contributed by atoms with van der Waals surface area (Å²) >= 11 is 1.22. The normalized spacial score (nSPS) is 10.3. The molecular weight excluding hydrogens is 232 g/mol. The van der Waals surface area contributed by atoms with Gasteiger partial charge in [-0.2, -0.15) is 0 Å². The maximum absolute atomic E-state index is 10.6. The van der Waals surface area contributed by atoms with Crippen LogP contribution in [0.25, 0.3) is 10.8 Å². The van der Waals surface area contributed by atoms with E-state index >= 15 is 0 Å². The van der Waals surface area contributed by atoms with Crippen LogP contribution in [-0.4, -0.2) is 25.7 Å². The first-order valence-corrected chi connectivity index (χ1v) is 5.08. The third-order valence-electron chi connectivity index (χ3n) is 1.98. The average molecular weight is 238 g/mol. The lowest BCUT2D eigenvalue weighted by atomic mass is 10.5. The second kappa shape index (κ2) is 3.81. The fourth-order valence-electron chi connectivity index (χ4n) is 1.21. The summed E-state index contributed by atoms with van der Waals surface area (Å²) in [5, 5.41) is 12.7. The van der Waals surface area contributed by atoms with Crippen molar-refractivity contribution in [3.63, 3.8) is 0 Å². The van der Waals surface area contributed by atoms with E-state index in [1.54, 1.807) is 5.38 Å². The van der Waals surface area contributed by atoms with Gasteiger partial charge in [0.2, 0.25) is 0 Å². The smallest absolute Gasteiger partial charge is 0.342 e. The zero-order valence-corrected chi connectivity index (χ0v) is 8.97. The van der Waals surface area contributed by atoms with E-state index in [1.807, 2.05) is 0 Å². The molecule has 8 heteroatoms. The number of carbonyl (C=O) groups excluding carboxylic acids is 1. The third-order valence-corrected chi connectivity index (χ3v) is 2.84. The summed E-state index contributed by atoms with van der Waals surface area (Å²) in [7, 11) is 1.53. The maximum atomic E-state index is 10.6. The first kappa shape index (κ1) is 10.4. The zero-order valence-electron chi connectivity index (χ0n) is 8.15. The minimum Gasteiger partial charge on any atom is -0.358 e. The molecule has 0 aliphatic heterocycles. The summed E-state index contributed by atoms with van der Waals surface area (Å²) in [6.07, 6.45) is 1.79. The van der Waals surface area contributed by atoms with Gasteiger partial charge < -0.3 is 10.1 Å². The SMILES string of the molecule is Cn1c([N+](=O)[O-])cnc1-c1nc(C=O)cs1. The summed E-state index contributed by atoms with van der Waals surface area (Å²) in [6, 6.07) is 0. The molecule has 0 radical (unpaired) electrons. The Bertz CT molecular complexity index is 559. The van der Waals surface area contributed by atoms with Crippen LogP contribution in [0.2, 0.25) is 0 Å². The lowest BCUT2D eigenvalue weighted by Gasteiger charge is -1.94. The molecule has 0 bridgehead atoms. The number of nitro groups is 1. The van der Waals surface area contributed by atoms with Gasteiger partial charge in [0.05, 0.1) is 7.05 Å². The molecule has 0 atom stereocenters. The van der Waals surface area contributed by atoms with Gasteiger partial charge in [0.15, 0.2) is 11.3 Å². The van der Waals surface area contributed by atoms with Crippen molar-refractivity contribution in [1.29, 1.82) is 0 Å². The second-order valence-corrected chi connectivity index (χ2v) is 3.81. The molecule has 82 valence electrons. The van der Waals surface area contributed by atoms with Crippen molar-refractivity contribution in [1.82, 2.24) is 14.5 Å². The molecule has 0 unspecified atom stereocenters. The number of carbonyl (C=O) groups is 1. The van der Waals surface area contributed by atoms with Gasteiger partial charge >= 0.3 is 5.82 Å². The van der Waals surface area contributed by atoms with Crippen molar-refractivity contribution in [2.24, 2.45) is 7.05 Å². The number of nitrogens with zero attached hydrogens (tertiary/aromatic N) is 4. The molecule has 0 N–H and O–H groups in total. The van der Waals surface area contributed by atoms with Crippen LogP contribution < -0.4 is 0 Å². The van der Waals surface area contributed by atoms with Crippen LogP contribution in [0.4, 0.5) is 5.82 Å². The van der Waals surface area contributed by atoms with E-state index in [0.29, 0.717) is 22.8 Å². The second-order valence-electron chi connectivity index (χ2n) is 2.95. The van der Waals surface area contributed by atoms with Crippen molar-refractivity contribution >= 4 is 23.4 Å². The van der Waals surface area contributed by atoms with Gasteiger partial charge in [-0.3, -0.25) is 4.79 Å². The Morgan fingerprint density at radius 2 is 2.38 bits per heavy atom. The van der Waals surface area contributed by atoms with E-state index in [2.05, 4.69) is 9.97 Å². The molecule has 0 aliphatic rings. The average Bonchev–Trinajstić information content (AvgIpc) is 2.83. The molecule has 0 saturated heterocycles. The number of thiazole rings is 1. The van der Waals surface area contributed by atoms with Gasteiger partial charge in [0.25, 0.3) is 5.82 Å². The highest BCUT2D eigenvalue weighted by molar-refractivity contribution is 7.13. The van der Waals surface area contributed by atoms with E-state index in [0.717, 1.165) is 6.20 Å². The molecule has 0 saturated carbocycles. The van der Waals surface area contributed by atoms with E-state index in [4.69, 9.17) is 0 Å². The Balaban J connectivity index is 2.48. The third kappa shape index (κ3) is 1.58. The van der Waals surface area contributed by atoms with Gasteiger partial charge in [0.1, 0.15) is 11.9 Å². The fourth-order valence-corrected chi connectivity index (χ4v) is 2.01. The molecule has 2 aromatic rings. The summed E-state index contributed by atoms with van der Waals surface area (Å²) in [6.45, 7) is 0. The molecule has 0 aliphatic carbocycles. The minimum absolute atomic E-state index is 0.113. The largest absolute Gasteiger partial charge is 0.358 e. The summed E-state index contributed by atoms with van der Waals surface area (Å²) in [5.41, 5.74) is 0.297. The molecule has 16 heavy (non-hydrogen) atoms. The van der Waals surface area contributed by atoms with Crippen molar-refractivity contribution < 1.29 is 9.72 Å². The van der Waals surface area contributed by atoms with Crippen molar-refractivity contribution in [2.75, 3.05) is 0 Å². The monoisotopic (exact) mass is 238 g/mol. The van der Waals surface area contributed by atoms with Crippen LogP contribution in [0.1, 0.15) is 10.5 Å². The van der Waals surface area contributed by atoms with E-state index in [1.165, 1.54) is 23.0 Å². The van der Waals surface area contributed by atoms with Gasteiger partial charge in [0, 0.05) is 5.38 Å². The topological polar surface area (TPSA) is 90.9 Å². The van der Waals surface area contributed by atoms with Crippen LogP contribution in [0.15, 0.2) is 11.6 Å². The molecule has 2 heterocycles. The molecule has 2 aromatic heterocycles. The molecule has 0 amide bonds. The van der Waals surface area contributed by atoms with E-state index in [-0.39, 0.29) is 5.82 Å². The highest BCUT2D eigenvalue weighted by atomic mass is 32.1. The standard InChI is InChI=1S/C8H6N4O3S/c1-11-6(12(14)15)2-9-7(11)8-10-5(3-13)4-16-8/h2-4H,1H3. The molecule has 0 fully saturated rings. The lowest BCUT2D eigenvalue weighted by molar-refractivity contribution is -0.391. The summed E-state index contributed by atoms with van der Waals surface area (Å²) in [4.78, 5) is 28.4. The highest BCUT2D eigenvalue weighted by Gasteiger charge is 2.20. The first-order valence-electron chi connectivity index (χ1n) is 4.20. The van der Waals surface area contributed by atoms with Crippen LogP contribution in [0.3, 0.4) is 0 Å². The predicted octanol–water partition coefficient (Wildman–Crippen LogP) is 1.26. The van der Waals surface area contributed by atoms with Crippen LogP contribution in [0, 0.1) is 10.1 Å². The lowest BCUT2D eigenvalue weighted by Crippen LogP contribution is -1.98. The molecule has 7 nitrogen and oxygen atoms in total. The van der Waals surface area contributed by atoms with Crippen LogP contribution in [0.5, 0.6) is 0 Å². The quantitative estimate of drug-likeness (QED) is 0.456. The van der Waals surface area contributed by atoms with Crippen molar-refractivity contribution in [2.45, 2.75) is 0 Å². The number of rotatable bonds is 3. The molecular formula is C8H6N4O3S. The Labute approximate surface area is 93.5 Å². The highest BCUT2D eigenvalue weighted by Crippen LogP contribution is 2.24. The summed E-state index contributed by atoms with van der Waals surface area (Å²) < 4.78 is 1.33. The number of aldehydes is 1. The fraction of sp³-hybridized carbons (Fsp3) is 0.125. The van der Waals surface area contributed by atoms with Crippen LogP contribution in [-0.2, 0) is 7.05 Å². The zero-order chi connectivity index (χ0) is 11.7. The Kier molecular flexibility index (Phi) is 2.49. The number of aromatic nitrogens is 3.